The monoisotopic (exact) mass is 624 g/mol. The predicted molar refractivity (Wildman–Crippen MR) is 166 cm³/mol. The Hall–Kier alpha value is -4.12. The standard InChI is InChI=1S/C34H39F3N4O4/c1-33(2,3)32(43)40-30-21-28(10-11-38-30)45-27-9-8-22-6-7-23(16-24(22)17-27)31(42)39-26-18-25(34(35,36)37)19-29(20-26)44-15-14-41-12-4-5-13-41/h8-11,17-21,23H,4-7,12-16H2,1-3H3,(H,39,42)(H,38,40,43). The van der Waals surface area contributed by atoms with Gasteiger partial charge in [0.1, 0.15) is 29.7 Å². The zero-order valence-corrected chi connectivity index (χ0v) is 25.8. The van der Waals surface area contributed by atoms with Crippen LogP contribution < -0.4 is 20.1 Å². The fourth-order valence-electron chi connectivity index (χ4n) is 5.47. The summed E-state index contributed by atoms with van der Waals surface area (Å²) in [6.45, 7) is 8.27. The van der Waals surface area contributed by atoms with Gasteiger partial charge in [-0.05, 0) is 86.7 Å². The van der Waals surface area contributed by atoms with Gasteiger partial charge in [0.05, 0.1) is 5.56 Å². The van der Waals surface area contributed by atoms with Crippen molar-refractivity contribution in [2.75, 3.05) is 36.9 Å². The number of amides is 2. The van der Waals surface area contributed by atoms with Crippen LogP contribution in [0.1, 0.15) is 56.7 Å². The Kier molecular flexibility index (Phi) is 9.67. The lowest BCUT2D eigenvalue weighted by Crippen LogP contribution is -2.28. The van der Waals surface area contributed by atoms with Crippen LogP contribution in [0.15, 0.2) is 54.7 Å². The molecule has 1 atom stereocenters. The molecule has 2 N–H and O–H groups in total. The van der Waals surface area contributed by atoms with Crippen LogP contribution in [0, 0.1) is 11.3 Å². The molecule has 1 aliphatic carbocycles. The summed E-state index contributed by atoms with van der Waals surface area (Å²) >= 11 is 0. The molecule has 45 heavy (non-hydrogen) atoms. The van der Waals surface area contributed by atoms with Gasteiger partial charge >= 0.3 is 6.18 Å². The first-order valence-electron chi connectivity index (χ1n) is 15.3. The van der Waals surface area contributed by atoms with Crippen LogP contribution in [0.3, 0.4) is 0 Å². The van der Waals surface area contributed by atoms with Crippen molar-refractivity contribution in [1.82, 2.24) is 9.88 Å². The van der Waals surface area contributed by atoms with Crippen molar-refractivity contribution in [2.45, 2.75) is 59.1 Å². The molecule has 1 fully saturated rings. The van der Waals surface area contributed by atoms with Gasteiger partial charge in [0.15, 0.2) is 0 Å². The number of carbonyl (C=O) groups is 2. The summed E-state index contributed by atoms with van der Waals surface area (Å²) in [5, 5.41) is 5.50. The van der Waals surface area contributed by atoms with Crippen LogP contribution in [0.4, 0.5) is 24.7 Å². The average molecular weight is 625 g/mol. The van der Waals surface area contributed by atoms with E-state index in [1.54, 1.807) is 18.3 Å². The molecule has 1 aliphatic heterocycles. The third-order valence-electron chi connectivity index (χ3n) is 8.04. The third kappa shape index (κ3) is 8.75. The lowest BCUT2D eigenvalue weighted by molar-refractivity contribution is -0.137. The first kappa shape index (κ1) is 32.3. The van der Waals surface area contributed by atoms with E-state index in [-0.39, 0.29) is 29.9 Å². The summed E-state index contributed by atoms with van der Waals surface area (Å²) < 4.78 is 52.8. The lowest BCUT2D eigenvalue weighted by Gasteiger charge is -2.25. The van der Waals surface area contributed by atoms with Crippen molar-refractivity contribution in [3.8, 4) is 17.2 Å². The maximum atomic E-state index is 13.7. The van der Waals surface area contributed by atoms with E-state index < -0.39 is 23.1 Å². The number of aryl methyl sites for hydroxylation is 1. The molecule has 1 aromatic heterocycles. The fraction of sp³-hybridized carbons (Fsp3) is 0.441. The number of likely N-dealkylation sites (tertiary alicyclic amines) is 1. The van der Waals surface area contributed by atoms with Crippen molar-refractivity contribution in [2.24, 2.45) is 11.3 Å². The second-order valence-electron chi connectivity index (χ2n) is 12.7. The Morgan fingerprint density at radius 3 is 2.42 bits per heavy atom. The van der Waals surface area contributed by atoms with Crippen molar-refractivity contribution in [3.63, 3.8) is 0 Å². The average Bonchev–Trinajstić information content (AvgIpc) is 3.49. The first-order valence-corrected chi connectivity index (χ1v) is 15.3. The van der Waals surface area contributed by atoms with Gasteiger partial charge < -0.3 is 20.1 Å². The Bertz CT molecular complexity index is 1530. The van der Waals surface area contributed by atoms with Crippen molar-refractivity contribution < 1.29 is 32.2 Å². The van der Waals surface area contributed by atoms with Crippen LogP contribution in [-0.2, 0) is 28.6 Å². The van der Waals surface area contributed by atoms with Gasteiger partial charge in [-0.25, -0.2) is 4.98 Å². The van der Waals surface area contributed by atoms with E-state index in [0.717, 1.165) is 49.2 Å². The quantitative estimate of drug-likeness (QED) is 0.264. The molecular weight excluding hydrogens is 585 g/mol. The zero-order chi connectivity index (χ0) is 32.2. The van der Waals surface area contributed by atoms with E-state index in [2.05, 4.69) is 20.5 Å². The van der Waals surface area contributed by atoms with Crippen LogP contribution in [-0.4, -0.2) is 47.9 Å². The number of fused-ring (bicyclic) bond motifs is 1. The van der Waals surface area contributed by atoms with Crippen molar-refractivity contribution in [3.05, 3.63) is 71.4 Å². The van der Waals surface area contributed by atoms with Crippen LogP contribution in [0.5, 0.6) is 17.2 Å². The van der Waals surface area contributed by atoms with Crippen LogP contribution in [0.25, 0.3) is 0 Å². The largest absolute Gasteiger partial charge is 0.492 e. The summed E-state index contributed by atoms with van der Waals surface area (Å²) in [7, 11) is 0. The molecule has 8 nitrogen and oxygen atoms in total. The van der Waals surface area contributed by atoms with Gasteiger partial charge in [-0.15, -0.1) is 0 Å². The lowest BCUT2D eigenvalue weighted by atomic mass is 9.83. The molecule has 3 aromatic rings. The number of pyridine rings is 1. The Balaban J connectivity index is 1.24. The van der Waals surface area contributed by atoms with Crippen molar-refractivity contribution in [1.29, 1.82) is 0 Å². The minimum absolute atomic E-state index is 0.0564. The number of rotatable bonds is 9. The summed E-state index contributed by atoms with van der Waals surface area (Å²) in [6.07, 6.45) is 0.831. The Morgan fingerprint density at radius 2 is 1.69 bits per heavy atom. The molecule has 0 radical (unpaired) electrons. The maximum absolute atomic E-state index is 13.7. The maximum Gasteiger partial charge on any atom is 0.416 e. The Morgan fingerprint density at radius 1 is 0.933 bits per heavy atom. The molecule has 2 amide bonds. The summed E-state index contributed by atoms with van der Waals surface area (Å²) in [5.41, 5.74) is 0.631. The summed E-state index contributed by atoms with van der Waals surface area (Å²) in [4.78, 5) is 32.1. The molecule has 2 aliphatic rings. The highest BCUT2D eigenvalue weighted by molar-refractivity contribution is 5.94. The SMILES string of the molecule is CC(C)(C)C(=O)Nc1cc(Oc2ccc3c(c2)CC(C(=O)Nc2cc(OCCN4CCCC4)cc(C(F)(F)F)c2)CC3)ccn1. The van der Waals surface area contributed by atoms with Gasteiger partial charge in [0, 0.05) is 41.9 Å². The van der Waals surface area contributed by atoms with Gasteiger partial charge in [0.25, 0.3) is 0 Å². The number of alkyl halides is 3. The number of halogens is 3. The van der Waals surface area contributed by atoms with Gasteiger partial charge in [0.2, 0.25) is 11.8 Å². The highest BCUT2D eigenvalue weighted by atomic mass is 19.4. The van der Waals surface area contributed by atoms with E-state index in [1.165, 1.54) is 6.07 Å². The molecular formula is C34H39F3N4O4. The fourth-order valence-corrected chi connectivity index (χ4v) is 5.47. The number of benzene rings is 2. The van der Waals surface area contributed by atoms with E-state index >= 15 is 0 Å². The van der Waals surface area contributed by atoms with E-state index in [4.69, 9.17) is 9.47 Å². The smallest absolute Gasteiger partial charge is 0.416 e. The van der Waals surface area contributed by atoms with Crippen molar-refractivity contribution >= 4 is 23.3 Å². The van der Waals surface area contributed by atoms with Crippen LogP contribution >= 0.6 is 0 Å². The number of carbonyl (C=O) groups excluding carboxylic acids is 2. The highest BCUT2D eigenvalue weighted by Gasteiger charge is 2.32. The molecule has 0 bridgehead atoms. The minimum Gasteiger partial charge on any atom is -0.492 e. The summed E-state index contributed by atoms with van der Waals surface area (Å²) in [6, 6.07) is 12.4. The molecule has 0 saturated carbocycles. The number of nitrogens with zero attached hydrogens (tertiary/aromatic N) is 2. The third-order valence-corrected chi connectivity index (χ3v) is 8.04. The molecule has 11 heteroatoms. The molecule has 240 valence electrons. The van der Waals surface area contributed by atoms with E-state index in [1.807, 2.05) is 39.0 Å². The topological polar surface area (TPSA) is 92.8 Å². The number of hydrogen-bond acceptors (Lipinski definition) is 6. The first-order chi connectivity index (χ1) is 21.3. The molecule has 5 rings (SSSR count). The second kappa shape index (κ2) is 13.5. The number of ether oxygens (including phenoxy) is 2. The second-order valence-corrected chi connectivity index (χ2v) is 12.7. The summed E-state index contributed by atoms with van der Waals surface area (Å²) in [5.74, 6) is 0.551. The molecule has 2 aromatic carbocycles. The van der Waals surface area contributed by atoms with Gasteiger partial charge in [-0.1, -0.05) is 26.8 Å². The molecule has 1 saturated heterocycles. The van der Waals surface area contributed by atoms with Crippen LogP contribution in [0.2, 0.25) is 0 Å². The predicted octanol–water partition coefficient (Wildman–Crippen LogP) is 7.10. The number of nitrogens with one attached hydrogen (secondary N) is 2. The van der Waals surface area contributed by atoms with E-state index in [0.29, 0.717) is 43.1 Å². The van der Waals surface area contributed by atoms with Gasteiger partial charge in [-0.2, -0.15) is 13.2 Å². The molecule has 1 unspecified atom stereocenters. The zero-order valence-electron chi connectivity index (χ0n) is 25.8. The molecule has 0 spiro atoms. The number of hydrogen-bond donors (Lipinski definition) is 2. The minimum atomic E-state index is -4.58. The Labute approximate surface area is 261 Å². The molecule has 2 heterocycles. The number of anilines is 2. The highest BCUT2D eigenvalue weighted by Crippen LogP contribution is 2.36. The normalized spacial score (nSPS) is 17.0. The van der Waals surface area contributed by atoms with E-state index in [9.17, 15) is 22.8 Å². The van der Waals surface area contributed by atoms with Gasteiger partial charge in [-0.3, -0.25) is 14.5 Å². The number of aromatic nitrogens is 1.